The van der Waals surface area contributed by atoms with Crippen LogP contribution in [-0.4, -0.2) is 37.1 Å². The van der Waals surface area contributed by atoms with E-state index in [1.165, 1.54) is 45.4 Å². The van der Waals surface area contributed by atoms with Crippen LogP contribution in [0.15, 0.2) is 0 Å². The molecule has 1 aliphatic carbocycles. The van der Waals surface area contributed by atoms with Crippen LogP contribution >= 0.6 is 0 Å². The third-order valence-electron chi connectivity index (χ3n) is 3.80. The van der Waals surface area contributed by atoms with Gasteiger partial charge in [0.25, 0.3) is 0 Å². The van der Waals surface area contributed by atoms with E-state index in [9.17, 15) is 0 Å². The molecule has 3 atom stereocenters. The molecule has 0 spiro atoms. The standard InChI is InChI=1S/C12H24N2/c1-10-3-4-12(7-10)14-6-5-13-8-11(2)9-14/h10-13H,3-9H2,1-2H3. The van der Waals surface area contributed by atoms with Crippen LogP contribution in [0.2, 0.25) is 0 Å². The van der Waals surface area contributed by atoms with Crippen LogP contribution in [-0.2, 0) is 0 Å². The molecule has 0 bridgehead atoms. The van der Waals surface area contributed by atoms with Gasteiger partial charge in [0.15, 0.2) is 0 Å². The van der Waals surface area contributed by atoms with Gasteiger partial charge in [0, 0.05) is 25.7 Å². The van der Waals surface area contributed by atoms with E-state index in [0.29, 0.717) is 0 Å². The Kier molecular flexibility index (Phi) is 3.45. The predicted octanol–water partition coefficient (Wildman–Crippen LogP) is 1.72. The quantitative estimate of drug-likeness (QED) is 0.687. The summed E-state index contributed by atoms with van der Waals surface area (Å²) >= 11 is 0. The molecule has 0 amide bonds. The minimum Gasteiger partial charge on any atom is -0.315 e. The monoisotopic (exact) mass is 196 g/mol. The molecule has 1 saturated heterocycles. The van der Waals surface area contributed by atoms with Crippen molar-refractivity contribution < 1.29 is 0 Å². The van der Waals surface area contributed by atoms with Crippen molar-refractivity contribution in [1.82, 2.24) is 10.2 Å². The lowest BCUT2D eigenvalue weighted by atomic mass is 10.1. The molecule has 1 saturated carbocycles. The SMILES string of the molecule is CC1CCC(N2CCNCC(C)C2)C1. The van der Waals surface area contributed by atoms with Crippen molar-refractivity contribution in [2.75, 3.05) is 26.2 Å². The lowest BCUT2D eigenvalue weighted by molar-refractivity contribution is 0.189. The summed E-state index contributed by atoms with van der Waals surface area (Å²) in [4.78, 5) is 2.73. The molecule has 2 fully saturated rings. The van der Waals surface area contributed by atoms with Gasteiger partial charge in [-0.15, -0.1) is 0 Å². The zero-order chi connectivity index (χ0) is 9.97. The third-order valence-corrected chi connectivity index (χ3v) is 3.80. The van der Waals surface area contributed by atoms with E-state index in [1.54, 1.807) is 0 Å². The van der Waals surface area contributed by atoms with Gasteiger partial charge in [-0.2, -0.15) is 0 Å². The average molecular weight is 196 g/mol. The minimum atomic E-state index is 0.827. The Bertz CT molecular complexity index is 181. The molecule has 1 N–H and O–H groups in total. The van der Waals surface area contributed by atoms with Crippen LogP contribution in [0.4, 0.5) is 0 Å². The minimum absolute atomic E-state index is 0.827. The first kappa shape index (κ1) is 10.4. The zero-order valence-electron chi connectivity index (χ0n) is 9.63. The van der Waals surface area contributed by atoms with Crippen LogP contribution < -0.4 is 5.32 Å². The summed E-state index contributed by atoms with van der Waals surface area (Å²) in [5.41, 5.74) is 0. The predicted molar refractivity (Wildman–Crippen MR) is 60.4 cm³/mol. The smallest absolute Gasteiger partial charge is 0.0110 e. The van der Waals surface area contributed by atoms with Gasteiger partial charge in [-0.25, -0.2) is 0 Å². The van der Waals surface area contributed by atoms with Crippen molar-refractivity contribution in [2.24, 2.45) is 11.8 Å². The molecule has 0 aromatic rings. The summed E-state index contributed by atoms with van der Waals surface area (Å²) in [5, 5.41) is 3.52. The van der Waals surface area contributed by atoms with Crippen molar-refractivity contribution in [3.63, 3.8) is 0 Å². The number of hydrogen-bond donors (Lipinski definition) is 1. The van der Waals surface area contributed by atoms with Crippen LogP contribution in [0.1, 0.15) is 33.1 Å². The highest BCUT2D eigenvalue weighted by atomic mass is 15.2. The molecule has 2 rings (SSSR count). The van der Waals surface area contributed by atoms with Gasteiger partial charge in [-0.05, 0) is 37.6 Å². The molecule has 2 heteroatoms. The van der Waals surface area contributed by atoms with E-state index >= 15 is 0 Å². The van der Waals surface area contributed by atoms with Crippen molar-refractivity contribution in [1.29, 1.82) is 0 Å². The van der Waals surface area contributed by atoms with Gasteiger partial charge >= 0.3 is 0 Å². The van der Waals surface area contributed by atoms with E-state index < -0.39 is 0 Å². The Hall–Kier alpha value is -0.0800. The summed E-state index contributed by atoms with van der Waals surface area (Å²) in [6.07, 6.45) is 4.32. The first-order valence-corrected chi connectivity index (χ1v) is 6.20. The molecule has 2 aliphatic rings. The molecule has 0 aromatic heterocycles. The first-order chi connectivity index (χ1) is 6.75. The van der Waals surface area contributed by atoms with E-state index in [2.05, 4.69) is 24.1 Å². The van der Waals surface area contributed by atoms with Gasteiger partial charge in [0.2, 0.25) is 0 Å². The molecule has 0 radical (unpaired) electrons. The molecule has 82 valence electrons. The average Bonchev–Trinajstić information content (AvgIpc) is 2.45. The fourth-order valence-corrected chi connectivity index (χ4v) is 2.97. The second-order valence-corrected chi connectivity index (χ2v) is 5.38. The summed E-state index contributed by atoms with van der Waals surface area (Å²) in [6.45, 7) is 9.74. The van der Waals surface area contributed by atoms with Crippen molar-refractivity contribution in [2.45, 2.75) is 39.2 Å². The van der Waals surface area contributed by atoms with Crippen molar-refractivity contribution in [3.8, 4) is 0 Å². The third kappa shape index (κ3) is 2.48. The summed E-state index contributed by atoms with van der Waals surface area (Å²) in [6, 6.07) is 0.896. The summed E-state index contributed by atoms with van der Waals surface area (Å²) in [7, 11) is 0. The number of hydrogen-bond acceptors (Lipinski definition) is 2. The van der Waals surface area contributed by atoms with E-state index in [0.717, 1.165) is 17.9 Å². The van der Waals surface area contributed by atoms with Gasteiger partial charge in [0.05, 0.1) is 0 Å². The van der Waals surface area contributed by atoms with Gasteiger partial charge < -0.3 is 5.32 Å². The molecule has 1 aliphatic heterocycles. The Morgan fingerprint density at radius 2 is 2.00 bits per heavy atom. The summed E-state index contributed by atoms with van der Waals surface area (Å²) < 4.78 is 0. The maximum Gasteiger partial charge on any atom is 0.0110 e. The first-order valence-electron chi connectivity index (χ1n) is 6.20. The Morgan fingerprint density at radius 1 is 1.14 bits per heavy atom. The van der Waals surface area contributed by atoms with Crippen LogP contribution in [0.5, 0.6) is 0 Å². The van der Waals surface area contributed by atoms with E-state index in [-0.39, 0.29) is 0 Å². The Labute approximate surface area is 88.1 Å². The molecule has 2 nitrogen and oxygen atoms in total. The normalized spacial score (nSPS) is 41.1. The summed E-state index contributed by atoms with van der Waals surface area (Å²) in [5.74, 6) is 1.79. The molecular weight excluding hydrogens is 172 g/mol. The van der Waals surface area contributed by atoms with Crippen molar-refractivity contribution >= 4 is 0 Å². The maximum atomic E-state index is 3.52. The number of nitrogens with zero attached hydrogens (tertiary/aromatic N) is 1. The largest absolute Gasteiger partial charge is 0.315 e. The fourth-order valence-electron chi connectivity index (χ4n) is 2.97. The number of rotatable bonds is 1. The highest BCUT2D eigenvalue weighted by Gasteiger charge is 2.28. The molecule has 1 heterocycles. The lowest BCUT2D eigenvalue weighted by Gasteiger charge is -2.28. The maximum absolute atomic E-state index is 3.52. The second kappa shape index (κ2) is 4.63. The van der Waals surface area contributed by atoms with E-state index in [4.69, 9.17) is 0 Å². The van der Waals surface area contributed by atoms with Crippen molar-refractivity contribution in [3.05, 3.63) is 0 Å². The highest BCUT2D eigenvalue weighted by molar-refractivity contribution is 4.83. The molecular formula is C12H24N2. The van der Waals surface area contributed by atoms with Crippen LogP contribution in [0.3, 0.4) is 0 Å². The Balaban J connectivity index is 1.88. The van der Waals surface area contributed by atoms with E-state index in [1.807, 2.05) is 0 Å². The van der Waals surface area contributed by atoms with Gasteiger partial charge in [-0.1, -0.05) is 13.8 Å². The fraction of sp³-hybridized carbons (Fsp3) is 1.00. The lowest BCUT2D eigenvalue weighted by Crippen LogP contribution is -2.37. The van der Waals surface area contributed by atoms with Gasteiger partial charge in [-0.3, -0.25) is 4.90 Å². The van der Waals surface area contributed by atoms with Crippen LogP contribution in [0.25, 0.3) is 0 Å². The molecule has 3 unspecified atom stereocenters. The number of nitrogens with one attached hydrogen (secondary N) is 1. The Morgan fingerprint density at radius 3 is 2.71 bits per heavy atom. The van der Waals surface area contributed by atoms with Gasteiger partial charge in [0.1, 0.15) is 0 Å². The molecule has 0 aromatic carbocycles. The van der Waals surface area contributed by atoms with Crippen LogP contribution in [0, 0.1) is 11.8 Å². The molecule has 14 heavy (non-hydrogen) atoms. The highest BCUT2D eigenvalue weighted by Crippen LogP contribution is 2.29. The second-order valence-electron chi connectivity index (χ2n) is 5.38. The topological polar surface area (TPSA) is 15.3 Å². The zero-order valence-corrected chi connectivity index (χ0v) is 9.63.